The number of nitrogens with two attached hydrogens (primary N) is 1. The number of amides is 4. The van der Waals surface area contributed by atoms with Gasteiger partial charge < -0.3 is 15.5 Å². The predicted octanol–water partition coefficient (Wildman–Crippen LogP) is -0.432. The van der Waals surface area contributed by atoms with Crippen LogP contribution in [0.4, 0.5) is 4.79 Å². The van der Waals surface area contributed by atoms with Crippen LogP contribution in [0.5, 0.6) is 0 Å². The van der Waals surface area contributed by atoms with Gasteiger partial charge in [-0.25, -0.2) is 4.79 Å². The average molecular weight is 304 g/mol. The van der Waals surface area contributed by atoms with E-state index in [0.29, 0.717) is 19.6 Å². The summed E-state index contributed by atoms with van der Waals surface area (Å²) in [6.45, 7) is 1.14. The molecular formula is C15H20N4O3. The zero-order valence-electron chi connectivity index (χ0n) is 12.3. The Hall–Kier alpha value is -2.41. The van der Waals surface area contributed by atoms with Crippen LogP contribution in [0.1, 0.15) is 5.56 Å². The summed E-state index contributed by atoms with van der Waals surface area (Å²) in [5.74, 6) is -0.585. The first-order chi connectivity index (χ1) is 10.6. The van der Waals surface area contributed by atoms with Crippen LogP contribution >= 0.6 is 0 Å². The van der Waals surface area contributed by atoms with Gasteiger partial charge in [-0.2, -0.15) is 0 Å². The van der Waals surface area contributed by atoms with E-state index in [0.717, 1.165) is 12.0 Å². The SMILES string of the molecule is NCCN(CCc1ccccc1)C(=O)CN1CC(=O)NC1=O. The van der Waals surface area contributed by atoms with Gasteiger partial charge in [0.05, 0.1) is 0 Å². The molecule has 4 amide bonds. The van der Waals surface area contributed by atoms with Crippen LogP contribution in [-0.4, -0.2) is 60.4 Å². The lowest BCUT2D eigenvalue weighted by atomic mass is 10.1. The molecule has 7 nitrogen and oxygen atoms in total. The van der Waals surface area contributed by atoms with Crippen LogP contribution in [0.25, 0.3) is 0 Å². The number of nitrogens with one attached hydrogen (secondary N) is 1. The minimum Gasteiger partial charge on any atom is -0.340 e. The first kappa shape index (κ1) is 16.0. The topological polar surface area (TPSA) is 95.7 Å². The van der Waals surface area contributed by atoms with Gasteiger partial charge in [0.2, 0.25) is 11.8 Å². The molecule has 0 aromatic heterocycles. The van der Waals surface area contributed by atoms with Crippen molar-refractivity contribution >= 4 is 17.8 Å². The molecule has 3 N–H and O–H groups in total. The molecule has 0 unspecified atom stereocenters. The third-order valence-corrected chi connectivity index (χ3v) is 3.46. The summed E-state index contributed by atoms with van der Waals surface area (Å²) in [7, 11) is 0. The van der Waals surface area contributed by atoms with E-state index in [1.807, 2.05) is 30.3 Å². The van der Waals surface area contributed by atoms with E-state index in [9.17, 15) is 14.4 Å². The quantitative estimate of drug-likeness (QED) is 0.668. The summed E-state index contributed by atoms with van der Waals surface area (Å²) in [6, 6.07) is 9.31. The summed E-state index contributed by atoms with van der Waals surface area (Å²) in [5, 5.41) is 2.15. The number of rotatable bonds is 7. The van der Waals surface area contributed by atoms with Crippen molar-refractivity contribution in [1.29, 1.82) is 0 Å². The van der Waals surface area contributed by atoms with Crippen molar-refractivity contribution in [3.8, 4) is 0 Å². The third kappa shape index (κ3) is 4.29. The highest BCUT2D eigenvalue weighted by Crippen LogP contribution is 2.04. The van der Waals surface area contributed by atoms with E-state index in [4.69, 9.17) is 5.73 Å². The number of benzene rings is 1. The van der Waals surface area contributed by atoms with Crippen LogP contribution in [0.2, 0.25) is 0 Å². The van der Waals surface area contributed by atoms with Crippen LogP contribution < -0.4 is 11.1 Å². The standard InChI is InChI=1S/C15H20N4O3/c16-7-9-18(8-6-12-4-2-1-3-5-12)14(21)11-19-10-13(20)17-15(19)22/h1-5H,6-11,16H2,(H,17,20,22). The molecule has 1 fully saturated rings. The minimum absolute atomic E-state index is 0.0697. The molecule has 0 aliphatic carbocycles. The van der Waals surface area contributed by atoms with Crippen molar-refractivity contribution in [3.05, 3.63) is 35.9 Å². The number of nitrogens with zero attached hydrogens (tertiary/aromatic N) is 2. The molecule has 22 heavy (non-hydrogen) atoms. The Morgan fingerprint density at radius 2 is 1.95 bits per heavy atom. The van der Waals surface area contributed by atoms with E-state index < -0.39 is 6.03 Å². The molecule has 1 aromatic rings. The van der Waals surface area contributed by atoms with Crippen LogP contribution in [0, 0.1) is 0 Å². The second-order valence-electron chi connectivity index (χ2n) is 5.11. The lowest BCUT2D eigenvalue weighted by molar-refractivity contribution is -0.131. The predicted molar refractivity (Wildman–Crippen MR) is 80.9 cm³/mol. The van der Waals surface area contributed by atoms with Gasteiger partial charge in [-0.1, -0.05) is 30.3 Å². The molecule has 1 aromatic carbocycles. The Bertz CT molecular complexity index is 547. The Morgan fingerprint density at radius 3 is 2.55 bits per heavy atom. The molecule has 0 saturated carbocycles. The monoisotopic (exact) mass is 304 g/mol. The smallest absolute Gasteiger partial charge is 0.325 e. The van der Waals surface area contributed by atoms with E-state index >= 15 is 0 Å². The summed E-state index contributed by atoms with van der Waals surface area (Å²) in [6.07, 6.45) is 0.720. The fraction of sp³-hybridized carbons (Fsp3) is 0.400. The number of carbonyl (C=O) groups is 3. The molecule has 0 bridgehead atoms. The van der Waals surface area contributed by atoms with E-state index in [-0.39, 0.29) is 24.9 Å². The number of carbonyl (C=O) groups excluding carboxylic acids is 3. The van der Waals surface area contributed by atoms with Crippen molar-refractivity contribution in [2.24, 2.45) is 5.73 Å². The highest BCUT2D eigenvalue weighted by Gasteiger charge is 2.29. The minimum atomic E-state index is -0.519. The molecular weight excluding hydrogens is 284 g/mol. The van der Waals surface area contributed by atoms with Crippen molar-refractivity contribution < 1.29 is 14.4 Å². The zero-order chi connectivity index (χ0) is 15.9. The lowest BCUT2D eigenvalue weighted by Gasteiger charge is -2.24. The second-order valence-corrected chi connectivity index (χ2v) is 5.11. The average Bonchev–Trinajstić information content (AvgIpc) is 2.82. The van der Waals surface area contributed by atoms with Gasteiger partial charge in [0.15, 0.2) is 0 Å². The van der Waals surface area contributed by atoms with E-state index in [1.165, 1.54) is 4.90 Å². The van der Waals surface area contributed by atoms with Gasteiger partial charge in [0.1, 0.15) is 13.1 Å². The summed E-state index contributed by atoms with van der Waals surface area (Å²) in [5.41, 5.74) is 6.68. The highest BCUT2D eigenvalue weighted by atomic mass is 16.2. The van der Waals surface area contributed by atoms with Crippen LogP contribution in [-0.2, 0) is 16.0 Å². The normalized spacial score (nSPS) is 14.1. The fourth-order valence-corrected chi connectivity index (χ4v) is 2.30. The Kier molecular flexibility index (Phi) is 5.48. The molecule has 0 atom stereocenters. The number of hydrogen-bond acceptors (Lipinski definition) is 4. The van der Waals surface area contributed by atoms with Gasteiger partial charge in [-0.3, -0.25) is 14.9 Å². The van der Waals surface area contributed by atoms with Crippen LogP contribution in [0.15, 0.2) is 30.3 Å². The van der Waals surface area contributed by atoms with Gasteiger partial charge in [-0.15, -0.1) is 0 Å². The van der Waals surface area contributed by atoms with E-state index in [2.05, 4.69) is 5.32 Å². The highest BCUT2D eigenvalue weighted by molar-refractivity contribution is 6.03. The molecule has 7 heteroatoms. The zero-order valence-corrected chi connectivity index (χ0v) is 12.3. The maximum atomic E-state index is 12.3. The Labute approximate surface area is 129 Å². The Balaban J connectivity index is 1.90. The van der Waals surface area contributed by atoms with E-state index in [1.54, 1.807) is 4.90 Å². The molecule has 1 aliphatic heterocycles. The number of imide groups is 1. The van der Waals surface area contributed by atoms with Gasteiger partial charge >= 0.3 is 6.03 Å². The second kappa shape index (κ2) is 7.56. The molecule has 1 aliphatic rings. The first-order valence-electron chi connectivity index (χ1n) is 7.20. The molecule has 0 radical (unpaired) electrons. The number of urea groups is 1. The first-order valence-corrected chi connectivity index (χ1v) is 7.20. The molecule has 1 saturated heterocycles. The molecule has 2 rings (SSSR count). The van der Waals surface area contributed by atoms with Gasteiger partial charge in [-0.05, 0) is 12.0 Å². The maximum Gasteiger partial charge on any atom is 0.325 e. The molecule has 1 heterocycles. The van der Waals surface area contributed by atoms with Gasteiger partial charge in [0, 0.05) is 19.6 Å². The van der Waals surface area contributed by atoms with Crippen molar-refractivity contribution in [2.45, 2.75) is 6.42 Å². The fourth-order valence-electron chi connectivity index (χ4n) is 2.30. The van der Waals surface area contributed by atoms with Crippen LogP contribution in [0.3, 0.4) is 0 Å². The van der Waals surface area contributed by atoms with Gasteiger partial charge in [0.25, 0.3) is 0 Å². The summed E-state index contributed by atoms with van der Waals surface area (Å²) in [4.78, 5) is 37.7. The molecule has 0 spiro atoms. The summed E-state index contributed by atoms with van der Waals surface area (Å²) < 4.78 is 0. The summed E-state index contributed by atoms with van der Waals surface area (Å²) >= 11 is 0. The lowest BCUT2D eigenvalue weighted by Crippen LogP contribution is -2.44. The number of hydrogen-bond donors (Lipinski definition) is 2. The van der Waals surface area contributed by atoms with Crippen molar-refractivity contribution in [1.82, 2.24) is 15.1 Å². The van der Waals surface area contributed by atoms with Crippen molar-refractivity contribution in [2.75, 3.05) is 32.7 Å². The largest absolute Gasteiger partial charge is 0.340 e. The van der Waals surface area contributed by atoms with Crippen molar-refractivity contribution in [3.63, 3.8) is 0 Å². The Morgan fingerprint density at radius 1 is 1.23 bits per heavy atom. The maximum absolute atomic E-state index is 12.3. The molecule has 118 valence electrons. The third-order valence-electron chi connectivity index (χ3n) is 3.46.